The van der Waals surface area contributed by atoms with Gasteiger partial charge in [-0.1, -0.05) is 0 Å². The first-order chi connectivity index (χ1) is 10.7. The van der Waals surface area contributed by atoms with Crippen LogP contribution in [0.1, 0.15) is 12.6 Å². The molecule has 130 valence electrons. The molecule has 1 aromatic heterocycles. The van der Waals surface area contributed by atoms with Gasteiger partial charge in [0.05, 0.1) is 25.9 Å². The summed E-state index contributed by atoms with van der Waals surface area (Å²) in [4.78, 5) is 41.1. The van der Waals surface area contributed by atoms with Crippen LogP contribution in [0.3, 0.4) is 0 Å². The molecular weight excluding hydrogens is 335 g/mol. The minimum atomic E-state index is -4.70. The Morgan fingerprint density at radius 2 is 2.09 bits per heavy atom. The van der Waals surface area contributed by atoms with Gasteiger partial charge in [0.15, 0.2) is 0 Å². The van der Waals surface area contributed by atoms with Crippen molar-refractivity contribution in [3.05, 3.63) is 33.1 Å². The molecule has 11 nitrogen and oxygen atoms in total. The van der Waals surface area contributed by atoms with Gasteiger partial charge in [0, 0.05) is 18.7 Å². The molecule has 23 heavy (non-hydrogen) atoms. The maximum absolute atomic E-state index is 12.2. The van der Waals surface area contributed by atoms with E-state index in [1.807, 2.05) is 0 Å². The molecule has 1 saturated heterocycles. The van der Waals surface area contributed by atoms with E-state index in [-0.39, 0.29) is 13.0 Å². The summed E-state index contributed by atoms with van der Waals surface area (Å²) in [6.07, 6.45) is -1.88. The molecule has 0 aromatic carbocycles. The Kier molecular flexibility index (Phi) is 5.53. The van der Waals surface area contributed by atoms with Crippen molar-refractivity contribution >= 4 is 7.82 Å². The molecule has 0 unspecified atom stereocenters. The Bertz CT molecular complexity index is 708. The second-order valence-corrected chi connectivity index (χ2v) is 6.18. The number of hydrogen-bond acceptors (Lipinski definition) is 7. The molecular formula is C11H17N2O9P. The number of nitrogens with zero attached hydrogens (tertiary/aromatic N) is 2. The van der Waals surface area contributed by atoms with Crippen LogP contribution in [0.25, 0.3) is 0 Å². The summed E-state index contributed by atoms with van der Waals surface area (Å²) in [5, 5.41) is 18.7. The predicted octanol–water partition coefficient (Wildman–Crippen LogP) is -2.24. The molecule has 1 fully saturated rings. The van der Waals surface area contributed by atoms with E-state index in [1.54, 1.807) is 0 Å². The van der Waals surface area contributed by atoms with Gasteiger partial charge < -0.3 is 24.7 Å². The second kappa shape index (κ2) is 7.05. The van der Waals surface area contributed by atoms with Crippen molar-refractivity contribution in [3.8, 4) is 0 Å². The van der Waals surface area contributed by atoms with Crippen molar-refractivity contribution < 1.29 is 33.8 Å². The standard InChI is InChI=1S/C11H17N2O9P/c14-4-3-12-9(16)1-2-13(11(12)17)10-5-7(15)8(22-10)6-21-23(18,19)20/h1-2,7-8,10,14-15H,3-6H2,(H2,18,19,20)/t7-,8+,10+/m0/s1. The lowest BCUT2D eigenvalue weighted by atomic mass is 10.2. The highest BCUT2D eigenvalue weighted by Crippen LogP contribution is 2.38. The highest BCUT2D eigenvalue weighted by atomic mass is 31.2. The SMILES string of the molecule is O=c1ccn([C@H]2C[C@H](O)[C@@H](COP(=O)(O)O)O2)c(=O)n1CCO. The van der Waals surface area contributed by atoms with Gasteiger partial charge in [-0.05, 0) is 0 Å². The number of phosphoric ester groups is 1. The van der Waals surface area contributed by atoms with Crippen molar-refractivity contribution in [2.75, 3.05) is 13.2 Å². The van der Waals surface area contributed by atoms with Crippen LogP contribution in [-0.4, -0.2) is 54.6 Å². The summed E-state index contributed by atoms with van der Waals surface area (Å²) in [6.45, 7) is -1.13. The van der Waals surface area contributed by atoms with Gasteiger partial charge >= 0.3 is 13.5 Å². The van der Waals surface area contributed by atoms with Gasteiger partial charge in [-0.15, -0.1) is 0 Å². The third-order valence-corrected chi connectivity index (χ3v) is 3.83. The molecule has 1 aliphatic heterocycles. The number of aromatic nitrogens is 2. The molecule has 2 rings (SSSR count). The lowest BCUT2D eigenvalue weighted by molar-refractivity contribution is -0.0455. The van der Waals surface area contributed by atoms with Crippen LogP contribution in [0.2, 0.25) is 0 Å². The molecule has 1 aliphatic rings. The zero-order valence-electron chi connectivity index (χ0n) is 11.9. The largest absolute Gasteiger partial charge is 0.469 e. The zero-order chi connectivity index (χ0) is 17.2. The van der Waals surface area contributed by atoms with E-state index in [0.717, 1.165) is 15.2 Å². The predicted molar refractivity (Wildman–Crippen MR) is 74.6 cm³/mol. The van der Waals surface area contributed by atoms with E-state index in [4.69, 9.17) is 19.6 Å². The van der Waals surface area contributed by atoms with E-state index >= 15 is 0 Å². The number of aliphatic hydroxyl groups is 2. The van der Waals surface area contributed by atoms with Crippen LogP contribution in [0.15, 0.2) is 21.9 Å². The molecule has 0 amide bonds. The number of hydrogen-bond donors (Lipinski definition) is 4. The first-order valence-corrected chi connectivity index (χ1v) is 8.22. The third-order valence-electron chi connectivity index (χ3n) is 3.34. The molecule has 0 aliphatic carbocycles. The van der Waals surface area contributed by atoms with Crippen molar-refractivity contribution in [1.29, 1.82) is 0 Å². The zero-order valence-corrected chi connectivity index (χ0v) is 12.8. The van der Waals surface area contributed by atoms with Crippen LogP contribution >= 0.6 is 7.82 Å². The fourth-order valence-electron chi connectivity index (χ4n) is 2.26. The van der Waals surface area contributed by atoms with Crippen LogP contribution in [0.5, 0.6) is 0 Å². The third kappa shape index (κ3) is 4.36. The smallest absolute Gasteiger partial charge is 0.395 e. The number of phosphoric acid groups is 1. The molecule has 2 heterocycles. The lowest BCUT2D eigenvalue weighted by Gasteiger charge is -2.17. The molecule has 0 saturated carbocycles. The van der Waals surface area contributed by atoms with E-state index < -0.39 is 50.7 Å². The topological polar surface area (TPSA) is 160 Å². The molecule has 0 radical (unpaired) electrons. The van der Waals surface area contributed by atoms with Crippen LogP contribution in [0, 0.1) is 0 Å². The van der Waals surface area contributed by atoms with Gasteiger partial charge in [0.2, 0.25) is 0 Å². The molecule has 0 bridgehead atoms. The van der Waals surface area contributed by atoms with Crippen molar-refractivity contribution in [2.45, 2.75) is 31.4 Å². The molecule has 4 N–H and O–H groups in total. The molecule has 0 spiro atoms. The van der Waals surface area contributed by atoms with Gasteiger partial charge in [0.1, 0.15) is 12.3 Å². The van der Waals surface area contributed by atoms with E-state index in [9.17, 15) is 19.3 Å². The van der Waals surface area contributed by atoms with Gasteiger partial charge in [-0.25, -0.2) is 9.36 Å². The Morgan fingerprint density at radius 3 is 2.70 bits per heavy atom. The monoisotopic (exact) mass is 352 g/mol. The minimum Gasteiger partial charge on any atom is -0.395 e. The minimum absolute atomic E-state index is 0.0214. The maximum Gasteiger partial charge on any atom is 0.469 e. The molecule has 3 atom stereocenters. The van der Waals surface area contributed by atoms with Crippen molar-refractivity contribution in [3.63, 3.8) is 0 Å². The summed E-state index contributed by atoms with van der Waals surface area (Å²) in [7, 11) is -4.70. The summed E-state index contributed by atoms with van der Waals surface area (Å²) >= 11 is 0. The van der Waals surface area contributed by atoms with E-state index in [1.165, 1.54) is 6.20 Å². The Balaban J connectivity index is 2.18. The van der Waals surface area contributed by atoms with E-state index in [2.05, 4.69) is 4.52 Å². The summed E-state index contributed by atoms with van der Waals surface area (Å²) in [5.74, 6) is 0. The molecule has 12 heteroatoms. The number of aliphatic hydroxyl groups excluding tert-OH is 2. The quantitative estimate of drug-likeness (QED) is 0.415. The highest BCUT2D eigenvalue weighted by molar-refractivity contribution is 7.46. The lowest BCUT2D eigenvalue weighted by Crippen LogP contribution is -2.41. The highest BCUT2D eigenvalue weighted by Gasteiger charge is 2.37. The van der Waals surface area contributed by atoms with Crippen LogP contribution in [0.4, 0.5) is 0 Å². The fraction of sp³-hybridized carbons (Fsp3) is 0.636. The maximum atomic E-state index is 12.2. The van der Waals surface area contributed by atoms with Crippen molar-refractivity contribution in [2.24, 2.45) is 0 Å². The average molecular weight is 352 g/mol. The Morgan fingerprint density at radius 1 is 1.39 bits per heavy atom. The van der Waals surface area contributed by atoms with Gasteiger partial charge in [-0.2, -0.15) is 0 Å². The summed E-state index contributed by atoms with van der Waals surface area (Å²) in [5.41, 5.74) is -1.31. The second-order valence-electron chi connectivity index (χ2n) is 4.94. The number of ether oxygens (including phenoxy) is 1. The van der Waals surface area contributed by atoms with Crippen molar-refractivity contribution in [1.82, 2.24) is 9.13 Å². The summed E-state index contributed by atoms with van der Waals surface area (Å²) in [6, 6.07) is 1.12. The molecule has 1 aromatic rings. The van der Waals surface area contributed by atoms with Gasteiger partial charge in [0.25, 0.3) is 5.56 Å². The Labute approximate surface area is 129 Å². The Hall–Kier alpha value is -1.33. The number of rotatable bonds is 6. The average Bonchev–Trinajstić information content (AvgIpc) is 2.81. The van der Waals surface area contributed by atoms with Crippen LogP contribution in [-0.2, 0) is 20.4 Å². The van der Waals surface area contributed by atoms with Crippen LogP contribution < -0.4 is 11.2 Å². The first-order valence-electron chi connectivity index (χ1n) is 6.69. The first kappa shape index (κ1) is 18.0. The van der Waals surface area contributed by atoms with E-state index in [0.29, 0.717) is 0 Å². The summed E-state index contributed by atoms with van der Waals surface area (Å²) < 4.78 is 22.2. The van der Waals surface area contributed by atoms with Gasteiger partial charge in [-0.3, -0.25) is 18.5 Å². The normalized spacial score (nSPS) is 25.0. The fourth-order valence-corrected chi connectivity index (χ4v) is 2.60.